The summed E-state index contributed by atoms with van der Waals surface area (Å²) in [5, 5.41) is 6.63. The van der Waals surface area contributed by atoms with Crippen molar-refractivity contribution in [1.82, 2.24) is 34.6 Å². The highest BCUT2D eigenvalue weighted by atomic mass is 16.2. The zero-order valence-corrected chi connectivity index (χ0v) is 34.0. The Kier molecular flexibility index (Phi) is 10.9. The van der Waals surface area contributed by atoms with Gasteiger partial charge in [0.2, 0.25) is 17.8 Å². The molecule has 59 heavy (non-hydrogen) atoms. The number of fused-ring (bicyclic) bond motifs is 1. The summed E-state index contributed by atoms with van der Waals surface area (Å²) < 4.78 is 2.13. The van der Waals surface area contributed by atoms with Crippen LogP contribution in [0.25, 0.3) is 11.0 Å². The van der Waals surface area contributed by atoms with E-state index in [0.717, 1.165) is 107 Å². The predicted octanol–water partition coefficient (Wildman–Crippen LogP) is 5.56. The molecule has 1 atom stereocenters. The second-order valence-corrected chi connectivity index (χ2v) is 16.5. The Bertz CT molecular complexity index is 2290. The molecule has 0 spiro atoms. The molecule has 3 amide bonds. The van der Waals surface area contributed by atoms with Gasteiger partial charge < -0.3 is 29.5 Å². The lowest BCUT2D eigenvalue weighted by atomic mass is 9.90. The van der Waals surface area contributed by atoms with E-state index in [0.29, 0.717) is 30.3 Å². The molecule has 2 N–H and O–H groups in total. The topological polar surface area (TPSA) is 135 Å². The van der Waals surface area contributed by atoms with Crippen molar-refractivity contribution in [1.29, 1.82) is 0 Å². The Hall–Kier alpha value is -6.02. The van der Waals surface area contributed by atoms with Crippen LogP contribution in [0.5, 0.6) is 0 Å². The van der Waals surface area contributed by atoms with E-state index in [1.165, 1.54) is 16.9 Å². The number of carbonyl (C=O) groups excluding carboxylic acids is 3. The summed E-state index contributed by atoms with van der Waals surface area (Å²) in [5.74, 6) is 0.519. The number of anilines is 5. The van der Waals surface area contributed by atoms with Crippen LogP contribution in [-0.4, -0.2) is 113 Å². The van der Waals surface area contributed by atoms with Gasteiger partial charge in [-0.05, 0) is 72.9 Å². The van der Waals surface area contributed by atoms with Crippen LogP contribution in [0.3, 0.4) is 0 Å². The maximum Gasteiger partial charge on any atom is 0.270 e. The molecule has 9 rings (SSSR count). The first kappa shape index (κ1) is 38.5. The molecule has 306 valence electrons. The van der Waals surface area contributed by atoms with E-state index in [1.807, 2.05) is 30.5 Å². The van der Waals surface area contributed by atoms with Crippen molar-refractivity contribution in [3.8, 4) is 0 Å². The number of nitrogens with zero attached hydrogens (tertiary/aromatic N) is 9. The van der Waals surface area contributed by atoms with E-state index in [2.05, 4.69) is 82.2 Å². The van der Waals surface area contributed by atoms with Gasteiger partial charge in [-0.25, -0.2) is 9.97 Å². The molecular weight excluding hydrogens is 743 g/mol. The highest BCUT2D eigenvalue weighted by Gasteiger charge is 2.29. The highest BCUT2D eigenvalue weighted by Crippen LogP contribution is 2.35. The second-order valence-electron chi connectivity index (χ2n) is 16.5. The van der Waals surface area contributed by atoms with Gasteiger partial charge in [-0.3, -0.25) is 24.6 Å². The summed E-state index contributed by atoms with van der Waals surface area (Å²) in [4.78, 5) is 62.5. The van der Waals surface area contributed by atoms with Crippen molar-refractivity contribution < 1.29 is 14.4 Å². The first-order valence-electron chi connectivity index (χ1n) is 21.1. The maximum absolute atomic E-state index is 13.1. The number of piperazine rings is 2. The molecule has 0 radical (unpaired) electrons. The number of rotatable bonds is 10. The standard InChI is InChI=1S/C45H53N11O3/c1-51(2)44(59)39-27-33-28-47-45(50-42(33)56(39)36-5-3-4-6-36)48-40-17-15-37(29-46-40)55-25-23-54(24-26-55)35-13-11-34(12-14-35)53-21-19-52(20-22-53)30-31-7-9-32(10-8-31)38-16-18-41(57)49-43(38)58/h7-15,17,27-29,36,38H,3-6,16,18-26,30H2,1-2H3,(H,49,57,58)(H,46,47,48,50). The molecule has 14 heteroatoms. The first-order valence-corrected chi connectivity index (χ1v) is 21.1. The minimum absolute atomic E-state index is 0.0194. The Morgan fingerprint density at radius 2 is 1.39 bits per heavy atom. The van der Waals surface area contributed by atoms with Gasteiger partial charge in [0.15, 0.2) is 0 Å². The minimum Gasteiger partial charge on any atom is -0.369 e. The number of nitrogens with one attached hydrogen (secondary N) is 2. The van der Waals surface area contributed by atoms with E-state index in [-0.39, 0.29) is 29.7 Å². The average molecular weight is 796 g/mol. The maximum atomic E-state index is 13.1. The van der Waals surface area contributed by atoms with Gasteiger partial charge in [0.1, 0.15) is 17.2 Å². The number of aromatic nitrogens is 4. The summed E-state index contributed by atoms with van der Waals surface area (Å²) in [5.41, 5.74) is 7.27. The number of imide groups is 1. The van der Waals surface area contributed by atoms with Crippen LogP contribution in [-0.2, 0) is 16.1 Å². The van der Waals surface area contributed by atoms with Crippen LogP contribution in [0.2, 0.25) is 0 Å². The summed E-state index contributed by atoms with van der Waals surface area (Å²) in [6.07, 6.45) is 9.10. The monoisotopic (exact) mass is 795 g/mol. The molecule has 1 saturated carbocycles. The van der Waals surface area contributed by atoms with Crippen molar-refractivity contribution in [2.75, 3.05) is 86.5 Å². The fourth-order valence-electron chi connectivity index (χ4n) is 9.14. The van der Waals surface area contributed by atoms with E-state index >= 15 is 0 Å². The van der Waals surface area contributed by atoms with Crippen LogP contribution in [0.4, 0.5) is 28.8 Å². The van der Waals surface area contributed by atoms with Gasteiger partial charge in [0.25, 0.3) is 5.91 Å². The Morgan fingerprint density at radius 1 is 0.763 bits per heavy atom. The zero-order valence-electron chi connectivity index (χ0n) is 34.0. The number of hydrogen-bond acceptors (Lipinski definition) is 11. The van der Waals surface area contributed by atoms with Crippen molar-refractivity contribution in [3.63, 3.8) is 0 Å². The Labute approximate surface area is 345 Å². The average Bonchev–Trinajstić information content (AvgIpc) is 3.93. The molecule has 4 aliphatic rings. The fraction of sp³-hybridized carbons (Fsp3) is 0.422. The van der Waals surface area contributed by atoms with Gasteiger partial charge in [0, 0.05) is 108 Å². The molecule has 1 aliphatic carbocycles. The van der Waals surface area contributed by atoms with E-state index < -0.39 is 0 Å². The minimum atomic E-state index is -0.240. The van der Waals surface area contributed by atoms with Gasteiger partial charge >= 0.3 is 0 Å². The van der Waals surface area contributed by atoms with Gasteiger partial charge in [-0.2, -0.15) is 4.98 Å². The van der Waals surface area contributed by atoms with Gasteiger partial charge in [0.05, 0.1) is 17.8 Å². The molecule has 4 fully saturated rings. The van der Waals surface area contributed by atoms with Gasteiger partial charge in [-0.1, -0.05) is 37.1 Å². The molecule has 3 saturated heterocycles. The lowest BCUT2D eigenvalue weighted by molar-refractivity contribution is -0.134. The van der Waals surface area contributed by atoms with Crippen LogP contribution in [0, 0.1) is 0 Å². The molecule has 1 unspecified atom stereocenters. The smallest absolute Gasteiger partial charge is 0.270 e. The van der Waals surface area contributed by atoms with Crippen LogP contribution >= 0.6 is 0 Å². The number of piperidine rings is 1. The van der Waals surface area contributed by atoms with E-state index in [4.69, 9.17) is 9.97 Å². The second kappa shape index (κ2) is 16.7. The summed E-state index contributed by atoms with van der Waals surface area (Å²) >= 11 is 0. The number of carbonyl (C=O) groups is 3. The van der Waals surface area contributed by atoms with Crippen molar-refractivity contribution in [3.05, 3.63) is 95.9 Å². The molecule has 6 heterocycles. The predicted molar refractivity (Wildman–Crippen MR) is 230 cm³/mol. The molecule has 3 aliphatic heterocycles. The quantitative estimate of drug-likeness (QED) is 0.172. The summed E-state index contributed by atoms with van der Waals surface area (Å²) in [6.45, 7) is 8.49. The molecular formula is C45H53N11O3. The van der Waals surface area contributed by atoms with Gasteiger partial charge in [-0.15, -0.1) is 0 Å². The van der Waals surface area contributed by atoms with Crippen molar-refractivity contribution in [2.24, 2.45) is 0 Å². The number of benzene rings is 2. The molecule has 3 aromatic heterocycles. The number of pyridine rings is 1. The van der Waals surface area contributed by atoms with Crippen LogP contribution in [0.15, 0.2) is 79.1 Å². The third kappa shape index (κ3) is 8.31. The molecule has 14 nitrogen and oxygen atoms in total. The number of hydrogen-bond donors (Lipinski definition) is 2. The largest absolute Gasteiger partial charge is 0.369 e. The summed E-state index contributed by atoms with van der Waals surface area (Å²) in [7, 11) is 3.57. The van der Waals surface area contributed by atoms with Crippen LogP contribution < -0.4 is 25.3 Å². The third-order valence-electron chi connectivity index (χ3n) is 12.5. The normalized spacial score (nSPS) is 19.4. The van der Waals surface area contributed by atoms with Crippen LogP contribution in [0.1, 0.15) is 72.1 Å². The first-order chi connectivity index (χ1) is 28.8. The lowest BCUT2D eigenvalue weighted by Crippen LogP contribution is -2.46. The Morgan fingerprint density at radius 3 is 2.00 bits per heavy atom. The SMILES string of the molecule is CN(C)C(=O)c1cc2cnc(Nc3ccc(N4CCN(c5ccc(N6CCN(Cc7ccc(C8CCC(=O)NC8=O)cc7)CC6)cc5)CC4)cn3)nc2n1C1CCCC1. The van der Waals surface area contributed by atoms with Crippen molar-refractivity contribution >= 4 is 57.6 Å². The van der Waals surface area contributed by atoms with Crippen molar-refractivity contribution in [2.45, 2.75) is 57.0 Å². The Balaban J connectivity index is 0.749. The van der Waals surface area contributed by atoms with E-state index in [1.54, 1.807) is 25.2 Å². The van der Waals surface area contributed by atoms with E-state index in [9.17, 15) is 14.4 Å². The highest BCUT2D eigenvalue weighted by molar-refractivity contribution is 6.01. The molecule has 0 bridgehead atoms. The molecule has 5 aromatic rings. The summed E-state index contributed by atoms with van der Waals surface area (Å²) in [6, 6.07) is 23.6. The third-order valence-corrected chi connectivity index (χ3v) is 12.5. The lowest BCUT2D eigenvalue weighted by Gasteiger charge is -2.38. The fourth-order valence-corrected chi connectivity index (χ4v) is 9.14. The number of amides is 3. The zero-order chi connectivity index (χ0) is 40.5. The molecule has 2 aromatic carbocycles.